The summed E-state index contributed by atoms with van der Waals surface area (Å²) in [5, 5.41) is 7.06. The summed E-state index contributed by atoms with van der Waals surface area (Å²) in [6, 6.07) is 9.25. The first-order chi connectivity index (χ1) is 9.13. The monoisotopic (exact) mass is 330 g/mol. The Hall–Kier alpha value is -1.72. The first-order valence-corrected chi connectivity index (χ1v) is 6.24. The molecule has 0 aliphatic heterocycles. The molecule has 0 aliphatic carbocycles. The largest absolute Gasteiger partial charge is 0.399 e. The third kappa shape index (κ3) is 6.51. The van der Waals surface area contributed by atoms with Crippen LogP contribution in [0.3, 0.4) is 0 Å². The highest BCUT2D eigenvalue weighted by Crippen LogP contribution is 2.06. The van der Waals surface area contributed by atoms with Crippen molar-refractivity contribution < 1.29 is 4.79 Å². The molecule has 0 bridgehead atoms. The number of rotatable bonds is 5. The molecule has 1 atom stereocenters. The van der Waals surface area contributed by atoms with Crippen molar-refractivity contribution in [1.29, 1.82) is 0 Å². The highest BCUT2D eigenvalue weighted by atomic mass is 35.5. The van der Waals surface area contributed by atoms with Gasteiger partial charge in [0.25, 0.3) is 0 Å². The molecule has 1 unspecified atom stereocenters. The molecule has 1 heterocycles. The van der Waals surface area contributed by atoms with Crippen LogP contribution < -0.4 is 11.1 Å². The predicted octanol–water partition coefficient (Wildman–Crippen LogP) is 2.06. The number of nitrogens with one attached hydrogen (secondary N) is 1. The number of nitrogens with two attached hydrogens (primary N) is 1. The van der Waals surface area contributed by atoms with Crippen LogP contribution in [0.2, 0.25) is 0 Å². The maximum absolute atomic E-state index is 11.9. The average molecular weight is 331 g/mol. The summed E-state index contributed by atoms with van der Waals surface area (Å²) in [5.74, 6) is 0.00410. The van der Waals surface area contributed by atoms with Gasteiger partial charge in [-0.05, 0) is 30.7 Å². The molecule has 0 fully saturated rings. The molecule has 0 aliphatic rings. The zero-order valence-corrected chi connectivity index (χ0v) is 13.4. The van der Waals surface area contributed by atoms with E-state index in [0.717, 1.165) is 5.56 Å². The van der Waals surface area contributed by atoms with Crippen molar-refractivity contribution in [3.63, 3.8) is 0 Å². The fourth-order valence-corrected chi connectivity index (χ4v) is 1.88. The van der Waals surface area contributed by atoms with Gasteiger partial charge in [-0.15, -0.1) is 24.8 Å². The SMILES string of the molecule is CC(Cn1cccn1)NC(=O)Cc1ccc(N)cc1.Cl.Cl. The number of halogens is 2. The van der Waals surface area contributed by atoms with E-state index in [1.807, 2.05) is 31.3 Å². The van der Waals surface area contributed by atoms with E-state index in [1.54, 1.807) is 23.0 Å². The fourth-order valence-electron chi connectivity index (χ4n) is 1.88. The van der Waals surface area contributed by atoms with Gasteiger partial charge in [-0.3, -0.25) is 9.48 Å². The molecule has 1 aromatic heterocycles. The number of nitrogen functional groups attached to an aromatic ring is 1. The second-order valence-electron chi connectivity index (χ2n) is 4.62. The summed E-state index contributed by atoms with van der Waals surface area (Å²) in [4.78, 5) is 11.9. The molecule has 116 valence electrons. The number of benzene rings is 1. The number of nitrogens with zero attached hydrogens (tertiary/aromatic N) is 2. The van der Waals surface area contributed by atoms with Crippen LogP contribution in [0.25, 0.3) is 0 Å². The number of anilines is 1. The van der Waals surface area contributed by atoms with Crippen molar-refractivity contribution in [2.24, 2.45) is 0 Å². The molecule has 7 heteroatoms. The maximum atomic E-state index is 11.9. The lowest BCUT2D eigenvalue weighted by molar-refractivity contribution is -0.121. The smallest absolute Gasteiger partial charge is 0.224 e. The molecule has 3 N–H and O–H groups in total. The van der Waals surface area contributed by atoms with Crippen molar-refractivity contribution >= 4 is 36.4 Å². The van der Waals surface area contributed by atoms with Gasteiger partial charge in [0, 0.05) is 24.1 Å². The normalized spacial score (nSPS) is 10.9. The fraction of sp³-hybridized carbons (Fsp3) is 0.286. The van der Waals surface area contributed by atoms with Gasteiger partial charge in [-0.2, -0.15) is 5.10 Å². The molecule has 0 spiro atoms. The lowest BCUT2D eigenvalue weighted by Crippen LogP contribution is -2.36. The van der Waals surface area contributed by atoms with Gasteiger partial charge in [0.05, 0.1) is 13.0 Å². The van der Waals surface area contributed by atoms with Crippen molar-refractivity contribution in [1.82, 2.24) is 15.1 Å². The number of carbonyl (C=O) groups excluding carboxylic acids is 1. The highest BCUT2D eigenvalue weighted by Gasteiger charge is 2.08. The molecular formula is C14H20Cl2N4O. The summed E-state index contributed by atoms with van der Waals surface area (Å²) < 4.78 is 1.80. The molecule has 0 saturated heterocycles. The van der Waals surface area contributed by atoms with Crippen LogP contribution in [-0.2, 0) is 17.8 Å². The van der Waals surface area contributed by atoms with Crippen molar-refractivity contribution in [2.75, 3.05) is 5.73 Å². The Kier molecular flexibility index (Phi) is 8.50. The van der Waals surface area contributed by atoms with E-state index in [1.165, 1.54) is 0 Å². The second-order valence-corrected chi connectivity index (χ2v) is 4.62. The van der Waals surface area contributed by atoms with Crippen LogP contribution in [-0.4, -0.2) is 21.7 Å². The van der Waals surface area contributed by atoms with E-state index in [4.69, 9.17) is 5.73 Å². The lowest BCUT2D eigenvalue weighted by atomic mass is 10.1. The zero-order chi connectivity index (χ0) is 13.7. The van der Waals surface area contributed by atoms with Gasteiger partial charge < -0.3 is 11.1 Å². The van der Waals surface area contributed by atoms with Crippen LogP contribution in [0.1, 0.15) is 12.5 Å². The molecule has 2 rings (SSSR count). The van der Waals surface area contributed by atoms with E-state index >= 15 is 0 Å². The van der Waals surface area contributed by atoms with Crippen LogP contribution in [0.15, 0.2) is 42.7 Å². The third-order valence-corrected chi connectivity index (χ3v) is 2.77. The van der Waals surface area contributed by atoms with Gasteiger partial charge in [-0.25, -0.2) is 0 Å². The molecule has 2 aromatic rings. The van der Waals surface area contributed by atoms with Gasteiger partial charge >= 0.3 is 0 Å². The molecule has 1 aromatic carbocycles. The van der Waals surface area contributed by atoms with Gasteiger partial charge in [0.1, 0.15) is 0 Å². The molecule has 0 saturated carbocycles. The average Bonchev–Trinajstić information content (AvgIpc) is 2.84. The zero-order valence-electron chi connectivity index (χ0n) is 11.7. The summed E-state index contributed by atoms with van der Waals surface area (Å²) >= 11 is 0. The Morgan fingerprint density at radius 2 is 2.00 bits per heavy atom. The summed E-state index contributed by atoms with van der Waals surface area (Å²) in [7, 11) is 0. The van der Waals surface area contributed by atoms with Crippen molar-refractivity contribution in [2.45, 2.75) is 25.9 Å². The molecular weight excluding hydrogens is 311 g/mol. The summed E-state index contributed by atoms with van der Waals surface area (Å²) in [5.41, 5.74) is 7.26. The van der Waals surface area contributed by atoms with E-state index in [-0.39, 0.29) is 36.8 Å². The maximum Gasteiger partial charge on any atom is 0.224 e. The van der Waals surface area contributed by atoms with Gasteiger partial charge in [-0.1, -0.05) is 12.1 Å². The van der Waals surface area contributed by atoms with Crippen LogP contribution in [0.5, 0.6) is 0 Å². The minimum atomic E-state index is 0. The summed E-state index contributed by atoms with van der Waals surface area (Å²) in [6.07, 6.45) is 3.97. The van der Waals surface area contributed by atoms with Crippen LogP contribution in [0, 0.1) is 0 Å². The predicted molar refractivity (Wildman–Crippen MR) is 88.9 cm³/mol. The number of amides is 1. The summed E-state index contributed by atoms with van der Waals surface area (Å²) in [6.45, 7) is 2.63. The number of hydrogen-bond acceptors (Lipinski definition) is 3. The second kappa shape index (κ2) is 9.26. The van der Waals surface area contributed by atoms with E-state index in [2.05, 4.69) is 10.4 Å². The molecule has 5 nitrogen and oxygen atoms in total. The number of carbonyl (C=O) groups is 1. The molecule has 21 heavy (non-hydrogen) atoms. The first kappa shape index (κ1) is 19.3. The Bertz CT molecular complexity index is 528. The van der Waals surface area contributed by atoms with Gasteiger partial charge in [0.15, 0.2) is 0 Å². The third-order valence-electron chi connectivity index (χ3n) is 2.77. The van der Waals surface area contributed by atoms with Gasteiger partial charge in [0.2, 0.25) is 5.91 Å². The van der Waals surface area contributed by atoms with E-state index < -0.39 is 0 Å². The number of aromatic nitrogens is 2. The van der Waals surface area contributed by atoms with Crippen LogP contribution in [0.4, 0.5) is 5.69 Å². The number of hydrogen-bond donors (Lipinski definition) is 2. The van der Waals surface area contributed by atoms with E-state index in [9.17, 15) is 4.79 Å². The standard InChI is InChI=1S/C14H18N4O.2ClH/c1-11(10-18-8-2-7-16-18)17-14(19)9-12-3-5-13(15)6-4-12;;/h2-8,11H,9-10,15H2,1H3,(H,17,19);2*1H. The van der Waals surface area contributed by atoms with Crippen molar-refractivity contribution in [3.05, 3.63) is 48.3 Å². The van der Waals surface area contributed by atoms with Crippen LogP contribution >= 0.6 is 24.8 Å². The Morgan fingerprint density at radius 1 is 1.33 bits per heavy atom. The minimum Gasteiger partial charge on any atom is -0.399 e. The lowest BCUT2D eigenvalue weighted by Gasteiger charge is -2.14. The Labute approximate surface area is 136 Å². The topological polar surface area (TPSA) is 72.9 Å². The highest BCUT2D eigenvalue weighted by molar-refractivity contribution is 5.85. The first-order valence-electron chi connectivity index (χ1n) is 6.24. The molecule has 1 amide bonds. The molecule has 0 radical (unpaired) electrons. The van der Waals surface area contributed by atoms with Crippen molar-refractivity contribution in [3.8, 4) is 0 Å². The Morgan fingerprint density at radius 3 is 2.57 bits per heavy atom. The quantitative estimate of drug-likeness (QED) is 0.824. The van der Waals surface area contributed by atoms with E-state index in [0.29, 0.717) is 18.7 Å². The Balaban J connectivity index is 0.00000200. The minimum absolute atomic E-state index is 0.